The zero-order chi connectivity index (χ0) is 17.0. The lowest BCUT2D eigenvalue weighted by molar-refractivity contribution is -0.147. The van der Waals surface area contributed by atoms with Crippen LogP contribution < -0.4 is 4.74 Å². The topological polar surface area (TPSA) is 76.1 Å². The van der Waals surface area contributed by atoms with Crippen molar-refractivity contribution in [2.75, 3.05) is 20.8 Å². The molecule has 6 nitrogen and oxygen atoms in total. The molecule has 3 atom stereocenters. The minimum absolute atomic E-state index is 0.183. The largest absolute Gasteiger partial charge is 0.497 e. The lowest BCUT2D eigenvalue weighted by atomic mass is 10.2. The van der Waals surface area contributed by atoms with Crippen molar-refractivity contribution in [2.24, 2.45) is 0 Å². The third-order valence-electron chi connectivity index (χ3n) is 3.88. The van der Waals surface area contributed by atoms with Crippen molar-refractivity contribution in [3.05, 3.63) is 24.3 Å². The van der Waals surface area contributed by atoms with Gasteiger partial charge in [0.15, 0.2) is 0 Å². The number of likely N-dealkylation sites (tertiary alicyclic amines) is 1. The number of carboxylic acid groups (broad SMARTS) is 1. The zero-order valence-corrected chi connectivity index (χ0v) is 14.2. The van der Waals surface area contributed by atoms with Gasteiger partial charge in [-0.25, -0.2) is 4.79 Å². The molecule has 1 aliphatic rings. The van der Waals surface area contributed by atoms with E-state index < -0.39 is 12.0 Å². The van der Waals surface area contributed by atoms with Crippen LogP contribution in [0.3, 0.4) is 0 Å². The predicted octanol–water partition coefficient (Wildman–Crippen LogP) is 1.88. The van der Waals surface area contributed by atoms with E-state index in [1.165, 1.54) is 23.8 Å². The lowest BCUT2D eigenvalue weighted by Crippen LogP contribution is -2.44. The minimum Gasteiger partial charge on any atom is -0.497 e. The Bertz CT molecular complexity index is 562. The molecule has 7 heteroatoms. The normalized spacial score (nSPS) is 22.0. The number of rotatable bonds is 6. The molecule has 3 unspecified atom stereocenters. The van der Waals surface area contributed by atoms with Gasteiger partial charge >= 0.3 is 5.97 Å². The van der Waals surface area contributed by atoms with E-state index in [0.29, 0.717) is 13.0 Å². The zero-order valence-electron chi connectivity index (χ0n) is 13.4. The van der Waals surface area contributed by atoms with E-state index in [2.05, 4.69) is 0 Å². The smallest absolute Gasteiger partial charge is 0.326 e. The molecule has 1 aromatic carbocycles. The van der Waals surface area contributed by atoms with Gasteiger partial charge in [0.2, 0.25) is 5.91 Å². The second-order valence-electron chi connectivity index (χ2n) is 5.37. The van der Waals surface area contributed by atoms with Crippen LogP contribution in [0.15, 0.2) is 29.2 Å². The van der Waals surface area contributed by atoms with Crippen LogP contribution in [0, 0.1) is 0 Å². The Morgan fingerprint density at radius 3 is 2.48 bits per heavy atom. The number of carbonyl (C=O) groups is 2. The SMILES string of the molecule is COc1ccc(SC(C)C(=O)N2CC(OC)CC2C(=O)O)cc1. The van der Waals surface area contributed by atoms with Crippen LogP contribution >= 0.6 is 11.8 Å². The summed E-state index contributed by atoms with van der Waals surface area (Å²) < 4.78 is 10.3. The van der Waals surface area contributed by atoms with Crippen molar-refractivity contribution >= 4 is 23.6 Å². The summed E-state index contributed by atoms with van der Waals surface area (Å²) in [5, 5.41) is 8.93. The van der Waals surface area contributed by atoms with Crippen molar-refractivity contribution < 1.29 is 24.2 Å². The van der Waals surface area contributed by atoms with E-state index in [4.69, 9.17) is 9.47 Å². The Labute approximate surface area is 139 Å². The number of amides is 1. The number of hydrogen-bond acceptors (Lipinski definition) is 5. The highest BCUT2D eigenvalue weighted by molar-refractivity contribution is 8.00. The van der Waals surface area contributed by atoms with Crippen LogP contribution in [-0.2, 0) is 14.3 Å². The molecule has 0 radical (unpaired) electrons. The van der Waals surface area contributed by atoms with Crippen molar-refractivity contribution in [3.8, 4) is 5.75 Å². The molecule has 0 bridgehead atoms. The van der Waals surface area contributed by atoms with Crippen molar-refractivity contribution in [2.45, 2.75) is 35.6 Å². The number of ether oxygens (including phenoxy) is 2. The second-order valence-corrected chi connectivity index (χ2v) is 6.79. The van der Waals surface area contributed by atoms with Crippen molar-refractivity contribution in [1.82, 2.24) is 4.90 Å². The number of methoxy groups -OCH3 is 2. The highest BCUT2D eigenvalue weighted by Gasteiger charge is 2.41. The number of benzene rings is 1. The monoisotopic (exact) mass is 339 g/mol. The molecule has 0 aliphatic carbocycles. The predicted molar refractivity (Wildman–Crippen MR) is 86.9 cm³/mol. The third kappa shape index (κ3) is 4.17. The number of carboxylic acids is 1. The van der Waals surface area contributed by atoms with Gasteiger partial charge in [0.1, 0.15) is 11.8 Å². The van der Waals surface area contributed by atoms with E-state index in [0.717, 1.165) is 10.6 Å². The molecular weight excluding hydrogens is 318 g/mol. The van der Waals surface area contributed by atoms with Crippen LogP contribution in [0.25, 0.3) is 0 Å². The summed E-state index contributed by atoms with van der Waals surface area (Å²) in [5.41, 5.74) is 0. The van der Waals surface area contributed by atoms with Gasteiger partial charge < -0.3 is 19.5 Å². The molecule has 1 N–H and O–H groups in total. The number of aliphatic carboxylic acids is 1. The first-order valence-corrected chi connectivity index (χ1v) is 8.21. The molecule has 1 aromatic rings. The fourth-order valence-corrected chi connectivity index (χ4v) is 3.53. The number of thioether (sulfide) groups is 1. The molecule has 1 fully saturated rings. The van der Waals surface area contributed by atoms with Crippen LogP contribution in [0.5, 0.6) is 5.75 Å². The first kappa shape index (κ1) is 17.6. The van der Waals surface area contributed by atoms with E-state index in [-0.39, 0.29) is 17.3 Å². The fourth-order valence-electron chi connectivity index (χ4n) is 2.59. The highest BCUT2D eigenvalue weighted by Crippen LogP contribution is 2.29. The standard InChI is InChI=1S/C16H21NO5S/c1-10(23-13-6-4-11(21-2)5-7-13)15(18)17-9-12(22-3)8-14(17)16(19)20/h4-7,10,12,14H,8-9H2,1-3H3,(H,19,20). The summed E-state index contributed by atoms with van der Waals surface area (Å²) >= 11 is 1.40. The molecule has 2 rings (SSSR count). The van der Waals surface area contributed by atoms with Gasteiger partial charge in [0, 0.05) is 25.0 Å². The summed E-state index contributed by atoms with van der Waals surface area (Å²) in [7, 11) is 3.13. The number of hydrogen-bond donors (Lipinski definition) is 1. The maximum absolute atomic E-state index is 12.6. The van der Waals surface area contributed by atoms with Crippen molar-refractivity contribution in [3.63, 3.8) is 0 Å². The molecular formula is C16H21NO5S. The Balaban J connectivity index is 2.04. The summed E-state index contributed by atoms with van der Waals surface area (Å²) in [6.07, 6.45) is 0.107. The Morgan fingerprint density at radius 2 is 1.96 bits per heavy atom. The van der Waals surface area contributed by atoms with Crippen LogP contribution in [-0.4, -0.2) is 60.0 Å². The van der Waals surface area contributed by atoms with Crippen LogP contribution in [0.1, 0.15) is 13.3 Å². The maximum Gasteiger partial charge on any atom is 0.326 e. The van der Waals surface area contributed by atoms with Gasteiger partial charge in [-0.15, -0.1) is 11.8 Å². The molecule has 1 heterocycles. The molecule has 1 amide bonds. The summed E-state index contributed by atoms with van der Waals surface area (Å²) in [4.78, 5) is 26.3. The first-order valence-electron chi connectivity index (χ1n) is 7.33. The van der Waals surface area contributed by atoms with Crippen LogP contribution in [0.4, 0.5) is 0 Å². The number of carbonyl (C=O) groups excluding carboxylic acids is 1. The van der Waals surface area contributed by atoms with E-state index >= 15 is 0 Å². The fraction of sp³-hybridized carbons (Fsp3) is 0.500. The Kier molecular flexibility index (Phi) is 5.90. The molecule has 1 saturated heterocycles. The van der Waals surface area contributed by atoms with E-state index in [1.807, 2.05) is 24.3 Å². The van der Waals surface area contributed by atoms with Gasteiger partial charge in [0.05, 0.1) is 18.5 Å². The third-order valence-corrected chi connectivity index (χ3v) is 4.98. The number of nitrogens with zero attached hydrogens (tertiary/aromatic N) is 1. The Morgan fingerprint density at radius 1 is 1.30 bits per heavy atom. The van der Waals surface area contributed by atoms with E-state index in [1.54, 1.807) is 14.0 Å². The second kappa shape index (κ2) is 7.70. The molecule has 0 saturated carbocycles. The summed E-state index contributed by atoms with van der Waals surface area (Å²) in [6.45, 7) is 2.11. The lowest BCUT2D eigenvalue weighted by Gasteiger charge is -2.24. The molecule has 1 aliphatic heterocycles. The molecule has 0 aromatic heterocycles. The maximum atomic E-state index is 12.6. The van der Waals surface area contributed by atoms with E-state index in [9.17, 15) is 14.7 Å². The summed E-state index contributed by atoms with van der Waals surface area (Å²) in [5.74, 6) is -0.418. The molecule has 0 spiro atoms. The molecule has 23 heavy (non-hydrogen) atoms. The van der Waals surface area contributed by atoms with Gasteiger partial charge in [0.25, 0.3) is 0 Å². The molecule has 126 valence electrons. The first-order chi connectivity index (χ1) is 11.0. The van der Waals surface area contributed by atoms with Gasteiger partial charge in [-0.1, -0.05) is 0 Å². The quantitative estimate of drug-likeness (QED) is 0.798. The Hall–Kier alpha value is -1.73. The minimum atomic E-state index is -0.987. The van der Waals surface area contributed by atoms with Crippen LogP contribution in [0.2, 0.25) is 0 Å². The van der Waals surface area contributed by atoms with Gasteiger partial charge in [-0.05, 0) is 31.2 Å². The average molecular weight is 339 g/mol. The summed E-state index contributed by atoms with van der Waals surface area (Å²) in [6, 6.07) is 6.60. The highest BCUT2D eigenvalue weighted by atomic mass is 32.2. The van der Waals surface area contributed by atoms with Crippen molar-refractivity contribution in [1.29, 1.82) is 0 Å². The van der Waals surface area contributed by atoms with Gasteiger partial charge in [-0.2, -0.15) is 0 Å². The van der Waals surface area contributed by atoms with Gasteiger partial charge in [-0.3, -0.25) is 4.79 Å². The average Bonchev–Trinajstić information content (AvgIpc) is 2.99.